The Hall–Kier alpha value is -1.68. The highest BCUT2D eigenvalue weighted by Crippen LogP contribution is 2.28. The third-order valence-electron chi connectivity index (χ3n) is 2.23. The van der Waals surface area contributed by atoms with Gasteiger partial charge in [0.15, 0.2) is 11.6 Å². The summed E-state index contributed by atoms with van der Waals surface area (Å²) in [4.78, 5) is 3.92. The summed E-state index contributed by atoms with van der Waals surface area (Å²) in [6.07, 6.45) is 0. The summed E-state index contributed by atoms with van der Waals surface area (Å²) in [6.45, 7) is 0. The maximum absolute atomic E-state index is 13.7. The van der Waals surface area contributed by atoms with E-state index in [1.54, 1.807) is 18.2 Å². The number of rotatable bonds is 2. The van der Waals surface area contributed by atoms with Crippen molar-refractivity contribution in [3.8, 4) is 17.0 Å². The van der Waals surface area contributed by atoms with E-state index in [0.29, 0.717) is 0 Å². The molecule has 1 aromatic heterocycles. The molecule has 0 radical (unpaired) electrons. The van der Waals surface area contributed by atoms with Crippen molar-refractivity contribution in [3.05, 3.63) is 47.1 Å². The lowest BCUT2D eigenvalue weighted by molar-refractivity contribution is 0.383. The van der Waals surface area contributed by atoms with E-state index in [9.17, 15) is 8.78 Å². The molecule has 0 aliphatic rings. The number of halogens is 3. The Labute approximate surface area is 102 Å². The van der Waals surface area contributed by atoms with Crippen LogP contribution in [0, 0.1) is 11.6 Å². The van der Waals surface area contributed by atoms with Gasteiger partial charge in [-0.3, -0.25) is 0 Å². The van der Waals surface area contributed by atoms with Crippen molar-refractivity contribution in [2.45, 2.75) is 0 Å². The summed E-state index contributed by atoms with van der Waals surface area (Å²) in [6, 6.07) is 6.74. The lowest BCUT2D eigenvalue weighted by Crippen LogP contribution is -1.94. The van der Waals surface area contributed by atoms with Crippen molar-refractivity contribution in [2.75, 3.05) is 7.11 Å². The molecule has 0 saturated carbocycles. The Kier molecular flexibility index (Phi) is 3.24. The standard InChI is InChI=1S/C12H8ClF2NO/c1-17-11-6-8(14)7(5-9(11)15)10-3-2-4-12(13)16-10/h2-6H,1H3. The summed E-state index contributed by atoms with van der Waals surface area (Å²) in [5, 5.41) is 0.220. The largest absolute Gasteiger partial charge is 0.494 e. The topological polar surface area (TPSA) is 22.1 Å². The number of methoxy groups -OCH3 is 1. The molecular formula is C12H8ClF2NO. The average molecular weight is 256 g/mol. The first-order valence-electron chi connectivity index (χ1n) is 4.78. The molecule has 0 amide bonds. The molecule has 0 saturated heterocycles. The quantitative estimate of drug-likeness (QED) is 0.764. The van der Waals surface area contributed by atoms with Gasteiger partial charge in [0.2, 0.25) is 0 Å². The number of hydrogen-bond donors (Lipinski definition) is 0. The van der Waals surface area contributed by atoms with Gasteiger partial charge < -0.3 is 4.74 Å². The van der Waals surface area contributed by atoms with E-state index in [-0.39, 0.29) is 22.2 Å². The molecule has 5 heteroatoms. The summed E-state index contributed by atoms with van der Waals surface area (Å²) in [5.41, 5.74) is 0.322. The molecule has 0 atom stereocenters. The monoisotopic (exact) mass is 255 g/mol. The van der Waals surface area contributed by atoms with E-state index < -0.39 is 11.6 Å². The van der Waals surface area contributed by atoms with Crippen molar-refractivity contribution in [3.63, 3.8) is 0 Å². The maximum atomic E-state index is 13.7. The maximum Gasteiger partial charge on any atom is 0.165 e. The fraction of sp³-hybridized carbons (Fsp3) is 0.0833. The van der Waals surface area contributed by atoms with Crippen LogP contribution in [-0.2, 0) is 0 Å². The molecule has 1 heterocycles. The molecule has 0 fully saturated rings. The van der Waals surface area contributed by atoms with Crippen molar-refractivity contribution < 1.29 is 13.5 Å². The van der Waals surface area contributed by atoms with Crippen LogP contribution in [0.1, 0.15) is 0 Å². The predicted octanol–water partition coefficient (Wildman–Crippen LogP) is 3.69. The van der Waals surface area contributed by atoms with E-state index >= 15 is 0 Å². The fourth-order valence-electron chi connectivity index (χ4n) is 1.44. The van der Waals surface area contributed by atoms with Crippen LogP contribution in [0.4, 0.5) is 8.78 Å². The Morgan fingerprint density at radius 2 is 1.94 bits per heavy atom. The highest BCUT2D eigenvalue weighted by Gasteiger charge is 2.13. The van der Waals surface area contributed by atoms with Crippen LogP contribution in [0.5, 0.6) is 5.75 Å². The number of benzene rings is 1. The molecule has 0 aliphatic carbocycles. The molecule has 0 bridgehead atoms. The minimum absolute atomic E-state index is 0.0470. The van der Waals surface area contributed by atoms with Gasteiger partial charge in [0.05, 0.1) is 12.8 Å². The molecule has 0 spiro atoms. The van der Waals surface area contributed by atoms with Gasteiger partial charge in [-0.15, -0.1) is 0 Å². The number of nitrogens with zero attached hydrogens (tertiary/aromatic N) is 1. The van der Waals surface area contributed by atoms with Crippen molar-refractivity contribution in [1.29, 1.82) is 0 Å². The molecule has 2 rings (SSSR count). The van der Waals surface area contributed by atoms with Gasteiger partial charge in [-0.05, 0) is 18.2 Å². The van der Waals surface area contributed by atoms with Gasteiger partial charge in [0, 0.05) is 11.6 Å². The van der Waals surface area contributed by atoms with Crippen LogP contribution in [0.25, 0.3) is 11.3 Å². The average Bonchev–Trinajstić information content (AvgIpc) is 2.31. The first-order valence-corrected chi connectivity index (χ1v) is 5.15. The molecule has 1 aromatic carbocycles. The first kappa shape index (κ1) is 11.8. The van der Waals surface area contributed by atoms with E-state index in [2.05, 4.69) is 9.72 Å². The molecule has 88 valence electrons. The van der Waals surface area contributed by atoms with E-state index in [0.717, 1.165) is 12.1 Å². The molecule has 2 aromatic rings. The van der Waals surface area contributed by atoms with Crippen LogP contribution < -0.4 is 4.74 Å². The van der Waals surface area contributed by atoms with E-state index in [4.69, 9.17) is 11.6 Å². The number of pyridine rings is 1. The Morgan fingerprint density at radius 1 is 1.18 bits per heavy atom. The third-order valence-corrected chi connectivity index (χ3v) is 2.44. The third kappa shape index (κ3) is 2.36. The highest BCUT2D eigenvalue weighted by atomic mass is 35.5. The summed E-state index contributed by atoms with van der Waals surface area (Å²) in [7, 11) is 1.27. The zero-order chi connectivity index (χ0) is 12.4. The highest BCUT2D eigenvalue weighted by molar-refractivity contribution is 6.29. The Balaban J connectivity index is 2.56. The zero-order valence-electron chi connectivity index (χ0n) is 8.88. The summed E-state index contributed by atoms with van der Waals surface area (Å²) < 4.78 is 31.8. The zero-order valence-corrected chi connectivity index (χ0v) is 9.63. The van der Waals surface area contributed by atoms with Crippen LogP contribution in [0.2, 0.25) is 5.15 Å². The fourth-order valence-corrected chi connectivity index (χ4v) is 1.60. The van der Waals surface area contributed by atoms with E-state index in [1.165, 1.54) is 7.11 Å². The number of ether oxygens (including phenoxy) is 1. The lowest BCUT2D eigenvalue weighted by Gasteiger charge is -2.06. The predicted molar refractivity (Wildman–Crippen MR) is 61.2 cm³/mol. The van der Waals surface area contributed by atoms with Crippen molar-refractivity contribution in [2.24, 2.45) is 0 Å². The summed E-state index contributed by atoms with van der Waals surface area (Å²) in [5.74, 6) is -1.41. The van der Waals surface area contributed by atoms with Gasteiger partial charge in [-0.2, -0.15) is 0 Å². The minimum Gasteiger partial charge on any atom is -0.494 e. The van der Waals surface area contributed by atoms with Crippen LogP contribution in [0.15, 0.2) is 30.3 Å². The van der Waals surface area contributed by atoms with Gasteiger partial charge in [-0.1, -0.05) is 17.7 Å². The second-order valence-electron chi connectivity index (χ2n) is 3.31. The minimum atomic E-state index is -0.648. The van der Waals surface area contributed by atoms with Crippen LogP contribution in [0.3, 0.4) is 0 Å². The Bertz CT molecular complexity index is 560. The van der Waals surface area contributed by atoms with Crippen LogP contribution >= 0.6 is 11.6 Å². The lowest BCUT2D eigenvalue weighted by atomic mass is 10.1. The van der Waals surface area contributed by atoms with Gasteiger partial charge in [0.1, 0.15) is 11.0 Å². The molecule has 2 nitrogen and oxygen atoms in total. The second-order valence-corrected chi connectivity index (χ2v) is 3.70. The molecule has 0 unspecified atom stereocenters. The van der Waals surface area contributed by atoms with Gasteiger partial charge in [0.25, 0.3) is 0 Å². The molecule has 0 aliphatic heterocycles. The molecular weight excluding hydrogens is 248 g/mol. The van der Waals surface area contributed by atoms with Gasteiger partial charge >= 0.3 is 0 Å². The SMILES string of the molecule is COc1cc(F)c(-c2cccc(Cl)n2)cc1F. The van der Waals surface area contributed by atoms with Crippen LogP contribution in [-0.4, -0.2) is 12.1 Å². The van der Waals surface area contributed by atoms with Crippen molar-refractivity contribution in [1.82, 2.24) is 4.98 Å². The van der Waals surface area contributed by atoms with E-state index in [1.807, 2.05) is 0 Å². The van der Waals surface area contributed by atoms with Crippen molar-refractivity contribution >= 4 is 11.6 Å². The smallest absolute Gasteiger partial charge is 0.165 e. The normalized spacial score (nSPS) is 10.4. The molecule has 0 N–H and O–H groups in total. The summed E-state index contributed by atoms with van der Waals surface area (Å²) >= 11 is 5.69. The second kappa shape index (κ2) is 4.67. The number of hydrogen-bond acceptors (Lipinski definition) is 2. The Morgan fingerprint density at radius 3 is 2.59 bits per heavy atom. The first-order chi connectivity index (χ1) is 8.11. The molecule has 17 heavy (non-hydrogen) atoms. The number of aromatic nitrogens is 1. The van der Waals surface area contributed by atoms with Gasteiger partial charge in [-0.25, -0.2) is 13.8 Å².